The van der Waals surface area contributed by atoms with Crippen LogP contribution in [0.5, 0.6) is 0 Å². The van der Waals surface area contributed by atoms with Crippen LogP contribution in [0.15, 0.2) is 173 Å². The Morgan fingerprint density at radius 2 is 1.18 bits per heavy atom. The van der Waals surface area contributed by atoms with Crippen LogP contribution in [-0.4, -0.2) is 10.9 Å². The van der Waals surface area contributed by atoms with Gasteiger partial charge in [-0.05, 0) is 83.3 Å². The molecule has 5 aromatic rings. The number of hydrogen-bond donors (Lipinski definition) is 1. The summed E-state index contributed by atoms with van der Waals surface area (Å²) in [4.78, 5) is 15.7. The highest BCUT2D eigenvalue weighted by Crippen LogP contribution is 2.45. The molecule has 0 spiro atoms. The van der Waals surface area contributed by atoms with Crippen molar-refractivity contribution >= 4 is 33.4 Å². The van der Waals surface area contributed by atoms with Crippen molar-refractivity contribution < 1.29 is 14.3 Å². The van der Waals surface area contributed by atoms with Crippen LogP contribution in [0.1, 0.15) is 22.3 Å². The summed E-state index contributed by atoms with van der Waals surface area (Å²) in [6.45, 7) is 2.10. The quantitative estimate of drug-likeness (QED) is 0.155. The number of aryl methyl sites for hydroxylation is 1. The molecular formula is C41H29O3S+. The smallest absolute Gasteiger partial charge is 0.361 e. The van der Waals surface area contributed by atoms with E-state index in [1.54, 1.807) is 23.9 Å². The fourth-order valence-corrected chi connectivity index (χ4v) is 6.69. The summed E-state index contributed by atoms with van der Waals surface area (Å²) in [5.41, 5.74) is 7.48. The fourth-order valence-electron chi connectivity index (χ4n) is 5.47. The number of thioether (sulfide) groups is 1. The number of Topliss-reactive ketones (excluding diaryl/α,β-unsaturated/α-hetero) is 1. The van der Waals surface area contributed by atoms with E-state index in [1.165, 1.54) is 5.56 Å². The van der Waals surface area contributed by atoms with Crippen LogP contribution in [0.3, 0.4) is 0 Å². The monoisotopic (exact) mass is 601 g/mol. The molecule has 0 saturated heterocycles. The molecular weight excluding hydrogens is 573 g/mol. The maximum absolute atomic E-state index is 13.5. The van der Waals surface area contributed by atoms with E-state index < -0.39 is 0 Å². The molecule has 4 heteroatoms. The molecule has 1 aromatic heterocycles. The van der Waals surface area contributed by atoms with Crippen molar-refractivity contribution in [2.75, 3.05) is 0 Å². The molecule has 3 nitrogen and oxygen atoms in total. The van der Waals surface area contributed by atoms with Crippen LogP contribution in [0.2, 0.25) is 0 Å². The molecule has 45 heavy (non-hydrogen) atoms. The molecule has 1 aliphatic heterocycles. The Morgan fingerprint density at radius 1 is 0.644 bits per heavy atom. The third-order valence-electron chi connectivity index (χ3n) is 7.84. The summed E-state index contributed by atoms with van der Waals surface area (Å²) in [7, 11) is 0. The first-order chi connectivity index (χ1) is 22.0. The number of rotatable bonds is 6. The van der Waals surface area contributed by atoms with Gasteiger partial charge in [-0.25, -0.2) is 4.42 Å². The number of aliphatic hydroxyl groups is 1. The molecule has 2 aliphatic rings. The van der Waals surface area contributed by atoms with E-state index in [9.17, 15) is 9.90 Å². The maximum atomic E-state index is 13.5. The highest BCUT2D eigenvalue weighted by molar-refractivity contribution is 8.16. The highest BCUT2D eigenvalue weighted by Gasteiger charge is 2.33. The summed E-state index contributed by atoms with van der Waals surface area (Å²) in [6, 6.07) is 42.0. The van der Waals surface area contributed by atoms with Crippen LogP contribution in [0, 0.1) is 6.92 Å². The van der Waals surface area contributed by atoms with Crippen molar-refractivity contribution in [3.63, 3.8) is 0 Å². The molecule has 4 aromatic carbocycles. The lowest BCUT2D eigenvalue weighted by atomic mass is 9.85. The normalized spacial score (nSPS) is 16.4. The second kappa shape index (κ2) is 12.3. The summed E-state index contributed by atoms with van der Waals surface area (Å²) in [5.74, 6) is 1.15. The number of aliphatic hydroxyl groups excluding tert-OH is 1. The van der Waals surface area contributed by atoms with Crippen LogP contribution < -0.4 is 0 Å². The minimum Gasteiger partial charge on any atom is -0.506 e. The SMILES string of the molecule is Cc1ccccc1C1=CC(=CC2=C(O)C(=Cc3cc(-c4ccccc4)[o+]c(-c4ccccc4)c3)C2=O)C=C(c2ccccc2)S1. The number of carbonyl (C=O) groups excluding carboxylic acids is 1. The molecule has 0 saturated carbocycles. The van der Waals surface area contributed by atoms with Gasteiger partial charge in [-0.2, -0.15) is 0 Å². The Morgan fingerprint density at radius 3 is 1.76 bits per heavy atom. The predicted molar refractivity (Wildman–Crippen MR) is 186 cm³/mol. The van der Waals surface area contributed by atoms with E-state index in [4.69, 9.17) is 4.42 Å². The Balaban J connectivity index is 1.28. The summed E-state index contributed by atoms with van der Waals surface area (Å²) in [6.07, 6.45) is 7.70. The summed E-state index contributed by atoms with van der Waals surface area (Å²) in [5, 5.41) is 11.2. The summed E-state index contributed by atoms with van der Waals surface area (Å²) >= 11 is 1.71. The van der Waals surface area contributed by atoms with Crippen molar-refractivity contribution in [1.82, 2.24) is 0 Å². The van der Waals surface area contributed by atoms with Gasteiger partial charge in [0.1, 0.15) is 5.76 Å². The number of benzene rings is 4. The Hall–Kier alpha value is -5.45. The van der Waals surface area contributed by atoms with Gasteiger partial charge in [0.05, 0.1) is 34.4 Å². The lowest BCUT2D eigenvalue weighted by Crippen LogP contribution is -2.21. The number of hydrogen-bond acceptors (Lipinski definition) is 3. The Kier molecular flexibility index (Phi) is 7.73. The summed E-state index contributed by atoms with van der Waals surface area (Å²) < 4.78 is 6.29. The molecule has 216 valence electrons. The number of ketones is 1. The van der Waals surface area contributed by atoms with Crippen molar-refractivity contribution in [3.8, 4) is 22.6 Å². The van der Waals surface area contributed by atoms with Crippen molar-refractivity contribution in [2.45, 2.75) is 6.92 Å². The average Bonchev–Trinajstić information content (AvgIpc) is 3.10. The largest absolute Gasteiger partial charge is 0.506 e. The topological polar surface area (TPSA) is 48.6 Å². The highest BCUT2D eigenvalue weighted by atomic mass is 32.2. The number of carbonyl (C=O) groups is 1. The van der Waals surface area contributed by atoms with Gasteiger partial charge < -0.3 is 5.11 Å². The Bertz CT molecular complexity index is 2030. The van der Waals surface area contributed by atoms with Gasteiger partial charge in [0.2, 0.25) is 5.78 Å². The first-order valence-corrected chi connectivity index (χ1v) is 15.6. The third kappa shape index (κ3) is 5.88. The molecule has 2 heterocycles. The van der Waals surface area contributed by atoms with E-state index in [-0.39, 0.29) is 17.1 Å². The molecule has 0 bridgehead atoms. The van der Waals surface area contributed by atoms with Gasteiger partial charge in [0.15, 0.2) is 0 Å². The zero-order valence-corrected chi connectivity index (χ0v) is 25.4. The van der Waals surface area contributed by atoms with E-state index >= 15 is 0 Å². The molecule has 0 atom stereocenters. The van der Waals surface area contributed by atoms with E-state index in [0.29, 0.717) is 17.1 Å². The first-order valence-electron chi connectivity index (χ1n) is 14.8. The second-order valence-electron chi connectivity index (χ2n) is 10.9. The minimum absolute atomic E-state index is 0.00505. The van der Waals surface area contributed by atoms with Gasteiger partial charge in [-0.1, -0.05) is 103 Å². The van der Waals surface area contributed by atoms with Crippen molar-refractivity contribution in [3.05, 3.63) is 190 Å². The lowest BCUT2D eigenvalue weighted by Gasteiger charge is -2.21. The Labute approximate surface area is 266 Å². The van der Waals surface area contributed by atoms with Gasteiger partial charge in [0, 0.05) is 9.81 Å². The van der Waals surface area contributed by atoms with Gasteiger partial charge in [0.25, 0.3) is 0 Å². The predicted octanol–water partition coefficient (Wildman–Crippen LogP) is 10.7. The van der Waals surface area contributed by atoms with Crippen LogP contribution >= 0.6 is 11.8 Å². The molecule has 1 aliphatic carbocycles. The van der Waals surface area contributed by atoms with Crippen molar-refractivity contribution in [2.24, 2.45) is 0 Å². The molecule has 7 rings (SSSR count). The lowest BCUT2D eigenvalue weighted by molar-refractivity contribution is -0.113. The van der Waals surface area contributed by atoms with Crippen LogP contribution in [-0.2, 0) is 4.79 Å². The molecule has 0 radical (unpaired) electrons. The zero-order chi connectivity index (χ0) is 30.8. The molecule has 0 fully saturated rings. The average molecular weight is 602 g/mol. The van der Waals surface area contributed by atoms with E-state index in [1.807, 2.05) is 103 Å². The molecule has 0 amide bonds. The van der Waals surface area contributed by atoms with E-state index in [0.717, 1.165) is 43.2 Å². The molecule has 0 unspecified atom stereocenters. The van der Waals surface area contributed by atoms with Gasteiger partial charge in [-0.3, -0.25) is 4.79 Å². The standard InChI is InChI=1S/C41H28O3S/c1-27-13-11-12-20-33(27)39-26-29(25-38(45-39)32-18-9-4-10-19-32)22-35-40(42)34(41(35)43)21-28-23-36(30-14-5-2-6-15-30)44-37(24-28)31-16-7-3-8-17-31/h2-26H,1H3/p+1. The minimum atomic E-state index is -0.193. The second-order valence-corrected chi connectivity index (χ2v) is 12.0. The fraction of sp³-hybridized carbons (Fsp3) is 0.0244. The van der Waals surface area contributed by atoms with Crippen molar-refractivity contribution in [1.29, 1.82) is 0 Å². The van der Waals surface area contributed by atoms with Crippen LogP contribution in [0.25, 0.3) is 38.5 Å². The zero-order valence-electron chi connectivity index (χ0n) is 24.6. The van der Waals surface area contributed by atoms with E-state index in [2.05, 4.69) is 43.3 Å². The van der Waals surface area contributed by atoms with Gasteiger partial charge in [-0.15, -0.1) is 0 Å². The molecule has 1 N–H and O–H groups in total. The third-order valence-corrected chi connectivity index (χ3v) is 8.97. The number of allylic oxidation sites excluding steroid dienone is 6. The van der Waals surface area contributed by atoms with Gasteiger partial charge >= 0.3 is 11.5 Å². The maximum Gasteiger partial charge on any atom is 0.361 e. The van der Waals surface area contributed by atoms with Crippen LogP contribution in [0.4, 0.5) is 0 Å². The first kappa shape index (κ1) is 28.3.